The van der Waals surface area contributed by atoms with E-state index in [1.54, 1.807) is 0 Å². The first-order valence-electron chi connectivity index (χ1n) is 4.66. The first-order valence-corrected chi connectivity index (χ1v) is 4.66. The maximum absolute atomic E-state index is 10.8. The van der Waals surface area contributed by atoms with Gasteiger partial charge >= 0.3 is 11.9 Å². The van der Waals surface area contributed by atoms with Crippen LogP contribution in [0.15, 0.2) is 18.2 Å². The summed E-state index contributed by atoms with van der Waals surface area (Å²) in [6.45, 7) is 0. The highest BCUT2D eigenvalue weighted by Gasteiger charge is 2.05. The minimum absolute atomic E-state index is 0.0187. The van der Waals surface area contributed by atoms with E-state index >= 15 is 0 Å². The predicted molar refractivity (Wildman–Crippen MR) is 58.6 cm³/mol. The fourth-order valence-corrected chi connectivity index (χ4v) is 1.05. The Kier molecular flexibility index (Phi) is 4.12. The molecule has 0 atom stereocenters. The van der Waals surface area contributed by atoms with Crippen molar-refractivity contribution in [1.29, 1.82) is 0 Å². The molecule has 0 bridgehead atoms. The zero-order valence-electron chi connectivity index (χ0n) is 9.06. The number of benzene rings is 1. The number of aromatic hydroxyl groups is 1. The summed E-state index contributed by atoms with van der Waals surface area (Å²) < 4.78 is 4.38. The standard InChI is InChI=1S/C12H10O5/c1-17-11(14)4-2-3-8-7-9(12(15)16)5-6-10(8)13/h5-7,13H,4H2,1H3,(H,15,16). The molecule has 1 rings (SSSR count). The summed E-state index contributed by atoms with van der Waals surface area (Å²) in [7, 11) is 1.24. The van der Waals surface area contributed by atoms with Gasteiger partial charge in [-0.05, 0) is 18.2 Å². The normalized spacial score (nSPS) is 9.00. The van der Waals surface area contributed by atoms with E-state index in [0.29, 0.717) is 0 Å². The number of carbonyl (C=O) groups is 2. The van der Waals surface area contributed by atoms with Crippen molar-refractivity contribution in [1.82, 2.24) is 0 Å². The number of esters is 1. The summed E-state index contributed by atoms with van der Waals surface area (Å²) in [4.78, 5) is 21.5. The van der Waals surface area contributed by atoms with Crippen molar-refractivity contribution in [3.05, 3.63) is 29.3 Å². The molecule has 0 saturated heterocycles. The number of phenols is 1. The highest BCUT2D eigenvalue weighted by Crippen LogP contribution is 2.17. The molecule has 0 aliphatic carbocycles. The van der Waals surface area contributed by atoms with Crippen molar-refractivity contribution in [2.45, 2.75) is 6.42 Å². The van der Waals surface area contributed by atoms with Crippen LogP contribution in [-0.4, -0.2) is 29.3 Å². The third-order valence-electron chi connectivity index (χ3n) is 1.93. The van der Waals surface area contributed by atoms with Gasteiger partial charge in [0, 0.05) is 0 Å². The Morgan fingerprint density at radius 3 is 2.71 bits per heavy atom. The fourth-order valence-electron chi connectivity index (χ4n) is 1.05. The molecule has 5 heteroatoms. The number of carboxylic acids is 1. The molecule has 1 aromatic carbocycles. The van der Waals surface area contributed by atoms with E-state index in [9.17, 15) is 14.7 Å². The van der Waals surface area contributed by atoms with Crippen LogP contribution in [0.1, 0.15) is 22.3 Å². The number of ether oxygens (including phenoxy) is 1. The Bertz CT molecular complexity index is 507. The topological polar surface area (TPSA) is 83.8 Å². The Hall–Kier alpha value is -2.48. The van der Waals surface area contributed by atoms with Gasteiger partial charge in [-0.15, -0.1) is 0 Å². The lowest BCUT2D eigenvalue weighted by atomic mass is 10.1. The monoisotopic (exact) mass is 234 g/mol. The summed E-state index contributed by atoms with van der Waals surface area (Å²) in [5, 5.41) is 18.2. The van der Waals surface area contributed by atoms with Crippen molar-refractivity contribution in [3.8, 4) is 17.6 Å². The molecule has 2 N–H and O–H groups in total. The number of hydrogen-bond acceptors (Lipinski definition) is 4. The molecule has 0 fully saturated rings. The summed E-state index contributed by atoms with van der Waals surface area (Å²) in [6, 6.07) is 3.75. The van der Waals surface area contributed by atoms with Crippen molar-refractivity contribution in [3.63, 3.8) is 0 Å². The maximum atomic E-state index is 10.8. The summed E-state index contributed by atoms with van der Waals surface area (Å²) in [5.74, 6) is 3.25. The van der Waals surface area contributed by atoms with Crippen molar-refractivity contribution < 1.29 is 24.5 Å². The predicted octanol–water partition coefficient (Wildman–Crippen LogP) is 1.00. The minimum atomic E-state index is -1.11. The van der Waals surface area contributed by atoms with Gasteiger partial charge in [-0.25, -0.2) is 4.79 Å². The number of aromatic carboxylic acids is 1. The second-order valence-corrected chi connectivity index (χ2v) is 3.09. The van der Waals surface area contributed by atoms with Gasteiger partial charge in [0.2, 0.25) is 0 Å². The number of carbonyl (C=O) groups excluding carboxylic acids is 1. The number of carboxylic acid groups (broad SMARTS) is 1. The second kappa shape index (κ2) is 5.56. The molecule has 17 heavy (non-hydrogen) atoms. The molecule has 5 nitrogen and oxygen atoms in total. The van der Waals surface area contributed by atoms with Crippen molar-refractivity contribution in [2.24, 2.45) is 0 Å². The summed E-state index contributed by atoms with van der Waals surface area (Å²) in [6.07, 6.45) is -0.118. The quantitative estimate of drug-likeness (QED) is 0.589. The van der Waals surface area contributed by atoms with E-state index in [2.05, 4.69) is 16.6 Å². The molecule has 0 spiro atoms. The van der Waals surface area contributed by atoms with Gasteiger partial charge in [-0.3, -0.25) is 4.79 Å². The largest absolute Gasteiger partial charge is 0.507 e. The van der Waals surface area contributed by atoms with E-state index in [1.807, 2.05) is 0 Å². The van der Waals surface area contributed by atoms with E-state index < -0.39 is 11.9 Å². The van der Waals surface area contributed by atoms with Crippen LogP contribution in [0.4, 0.5) is 0 Å². The van der Waals surface area contributed by atoms with Gasteiger partial charge in [0.1, 0.15) is 12.2 Å². The van der Waals surface area contributed by atoms with E-state index in [1.165, 1.54) is 25.3 Å². The average Bonchev–Trinajstić information content (AvgIpc) is 2.30. The molecule has 0 amide bonds. The Balaban J connectivity index is 2.93. The van der Waals surface area contributed by atoms with Gasteiger partial charge in [-0.2, -0.15) is 0 Å². The zero-order valence-corrected chi connectivity index (χ0v) is 9.06. The Labute approximate surface area is 97.6 Å². The lowest BCUT2D eigenvalue weighted by molar-refractivity contribution is -0.139. The van der Waals surface area contributed by atoms with Crippen LogP contribution in [0.5, 0.6) is 5.75 Å². The van der Waals surface area contributed by atoms with Crippen LogP contribution < -0.4 is 0 Å². The lowest BCUT2D eigenvalue weighted by Gasteiger charge is -1.98. The summed E-state index contributed by atoms with van der Waals surface area (Å²) in [5.41, 5.74) is 0.180. The second-order valence-electron chi connectivity index (χ2n) is 3.09. The van der Waals surface area contributed by atoms with Crippen LogP contribution in [0.2, 0.25) is 0 Å². The number of phenolic OH excluding ortho intramolecular Hbond substituents is 1. The van der Waals surface area contributed by atoms with Gasteiger partial charge < -0.3 is 14.9 Å². The van der Waals surface area contributed by atoms with Gasteiger partial charge in [-0.1, -0.05) is 11.8 Å². The van der Waals surface area contributed by atoms with Crippen molar-refractivity contribution >= 4 is 11.9 Å². The SMILES string of the molecule is COC(=O)CC#Cc1cc(C(=O)O)ccc1O. The van der Waals surface area contributed by atoms with Crippen LogP contribution in [0, 0.1) is 11.8 Å². The molecule has 0 aliphatic rings. The third-order valence-corrected chi connectivity index (χ3v) is 1.93. The number of methoxy groups -OCH3 is 1. The van der Waals surface area contributed by atoms with Gasteiger partial charge in [0.25, 0.3) is 0 Å². The lowest BCUT2D eigenvalue weighted by Crippen LogP contribution is -1.98. The highest BCUT2D eigenvalue weighted by molar-refractivity contribution is 5.88. The Morgan fingerprint density at radius 2 is 2.12 bits per heavy atom. The highest BCUT2D eigenvalue weighted by atomic mass is 16.5. The van der Waals surface area contributed by atoms with Crippen LogP contribution in [0.3, 0.4) is 0 Å². The molecule has 0 unspecified atom stereocenters. The molecule has 0 saturated carbocycles. The van der Waals surface area contributed by atoms with Crippen LogP contribution >= 0.6 is 0 Å². The molecular formula is C12H10O5. The Morgan fingerprint density at radius 1 is 1.41 bits per heavy atom. The minimum Gasteiger partial charge on any atom is -0.507 e. The fraction of sp³-hybridized carbons (Fsp3) is 0.167. The van der Waals surface area contributed by atoms with Crippen LogP contribution in [0.25, 0.3) is 0 Å². The third kappa shape index (κ3) is 3.54. The molecule has 1 aromatic rings. The molecule has 0 aromatic heterocycles. The zero-order chi connectivity index (χ0) is 12.8. The van der Waals surface area contributed by atoms with Gasteiger partial charge in [0.05, 0.1) is 18.2 Å². The molecule has 88 valence electrons. The number of rotatable bonds is 2. The van der Waals surface area contributed by atoms with E-state index in [-0.39, 0.29) is 23.3 Å². The molecule has 0 heterocycles. The smallest absolute Gasteiger partial charge is 0.335 e. The first-order chi connectivity index (χ1) is 8.04. The van der Waals surface area contributed by atoms with Crippen molar-refractivity contribution in [2.75, 3.05) is 7.11 Å². The maximum Gasteiger partial charge on any atom is 0.335 e. The van der Waals surface area contributed by atoms with Crippen LogP contribution in [-0.2, 0) is 9.53 Å². The first kappa shape index (κ1) is 12.6. The molecule has 0 aliphatic heterocycles. The van der Waals surface area contributed by atoms with E-state index in [4.69, 9.17) is 5.11 Å². The average molecular weight is 234 g/mol. The van der Waals surface area contributed by atoms with Gasteiger partial charge in [0.15, 0.2) is 0 Å². The molecular weight excluding hydrogens is 224 g/mol. The molecule has 0 radical (unpaired) electrons. The van der Waals surface area contributed by atoms with E-state index in [0.717, 1.165) is 0 Å². The summed E-state index contributed by atoms with van der Waals surface area (Å²) >= 11 is 0. The number of hydrogen-bond donors (Lipinski definition) is 2.